The molecule has 150 valence electrons. The quantitative estimate of drug-likeness (QED) is 0.788. The van der Waals surface area contributed by atoms with Crippen molar-refractivity contribution >= 4 is 5.78 Å². The highest BCUT2D eigenvalue weighted by atomic mass is 16.5. The van der Waals surface area contributed by atoms with E-state index in [1.165, 1.54) is 11.1 Å². The van der Waals surface area contributed by atoms with Crippen LogP contribution in [0.15, 0.2) is 42.5 Å². The average molecular weight is 389 g/mol. The SMILES string of the molecule is COc1ccc2c3c1O[C@H]1C(=O)[C@@](C)(c4ccccc4)C[C@H]4[C@@H](C2)N(C)CC[C@]314. The fraction of sp³-hybridized carbons (Fsp3) is 0.480. The van der Waals surface area contributed by atoms with Crippen LogP contribution in [0.3, 0.4) is 0 Å². The summed E-state index contributed by atoms with van der Waals surface area (Å²) in [4.78, 5) is 16.6. The van der Waals surface area contributed by atoms with E-state index in [1.807, 2.05) is 24.3 Å². The maximum atomic E-state index is 14.1. The van der Waals surface area contributed by atoms with E-state index >= 15 is 0 Å². The van der Waals surface area contributed by atoms with Crippen molar-refractivity contribution in [3.63, 3.8) is 0 Å². The van der Waals surface area contributed by atoms with E-state index in [-0.39, 0.29) is 11.2 Å². The monoisotopic (exact) mass is 389 g/mol. The molecule has 1 saturated heterocycles. The van der Waals surface area contributed by atoms with Gasteiger partial charge in [-0.25, -0.2) is 0 Å². The third-order valence-corrected chi connectivity index (χ3v) is 8.42. The molecule has 1 saturated carbocycles. The number of likely N-dealkylation sites (tertiary alicyclic amines) is 1. The number of methoxy groups -OCH3 is 1. The van der Waals surface area contributed by atoms with Crippen molar-refractivity contribution in [2.75, 3.05) is 20.7 Å². The Balaban J connectivity index is 1.60. The van der Waals surface area contributed by atoms with Crippen LogP contribution in [0.5, 0.6) is 11.5 Å². The fourth-order valence-corrected chi connectivity index (χ4v) is 6.94. The molecule has 2 heterocycles. The highest BCUT2D eigenvalue weighted by molar-refractivity contribution is 5.97. The molecule has 0 radical (unpaired) electrons. The Bertz CT molecular complexity index is 1020. The first-order chi connectivity index (χ1) is 14.0. The van der Waals surface area contributed by atoms with Crippen LogP contribution >= 0.6 is 0 Å². The van der Waals surface area contributed by atoms with Gasteiger partial charge in [0.1, 0.15) is 0 Å². The number of carbonyl (C=O) groups is 1. The summed E-state index contributed by atoms with van der Waals surface area (Å²) in [5, 5.41) is 0. The van der Waals surface area contributed by atoms with Gasteiger partial charge in [-0.3, -0.25) is 4.79 Å². The zero-order valence-corrected chi connectivity index (χ0v) is 17.3. The van der Waals surface area contributed by atoms with Gasteiger partial charge in [0, 0.05) is 17.0 Å². The van der Waals surface area contributed by atoms with Gasteiger partial charge in [-0.2, -0.15) is 0 Å². The number of carbonyl (C=O) groups excluding carboxylic acids is 1. The number of ether oxygens (including phenoxy) is 2. The van der Waals surface area contributed by atoms with Crippen LogP contribution in [0, 0.1) is 5.92 Å². The van der Waals surface area contributed by atoms with Crippen molar-refractivity contribution in [2.45, 2.75) is 49.2 Å². The van der Waals surface area contributed by atoms with E-state index < -0.39 is 11.5 Å². The van der Waals surface area contributed by atoms with Crippen LogP contribution < -0.4 is 9.47 Å². The molecule has 2 aromatic carbocycles. The first-order valence-corrected chi connectivity index (χ1v) is 10.7. The topological polar surface area (TPSA) is 38.8 Å². The van der Waals surface area contributed by atoms with Gasteiger partial charge in [0.2, 0.25) is 0 Å². The van der Waals surface area contributed by atoms with Crippen LogP contribution in [0.4, 0.5) is 0 Å². The summed E-state index contributed by atoms with van der Waals surface area (Å²) in [5.41, 5.74) is 2.99. The molecule has 1 spiro atoms. The lowest BCUT2D eigenvalue weighted by Crippen LogP contribution is -2.69. The maximum Gasteiger partial charge on any atom is 0.184 e. The van der Waals surface area contributed by atoms with Crippen molar-refractivity contribution in [1.29, 1.82) is 0 Å². The Morgan fingerprint density at radius 2 is 1.97 bits per heavy atom. The van der Waals surface area contributed by atoms with E-state index in [2.05, 4.69) is 37.1 Å². The summed E-state index contributed by atoms with van der Waals surface area (Å²) in [6, 6.07) is 15.0. The number of benzene rings is 2. The van der Waals surface area contributed by atoms with Gasteiger partial charge in [-0.05, 0) is 62.9 Å². The average Bonchev–Trinajstić information content (AvgIpc) is 3.09. The second kappa shape index (κ2) is 5.63. The molecule has 2 bridgehead atoms. The van der Waals surface area contributed by atoms with Crippen LogP contribution in [-0.2, 0) is 22.0 Å². The van der Waals surface area contributed by atoms with Crippen LogP contribution in [0.1, 0.15) is 36.5 Å². The minimum atomic E-state index is -0.524. The second-order valence-electron chi connectivity index (χ2n) is 9.54. The number of hydrogen-bond acceptors (Lipinski definition) is 4. The largest absolute Gasteiger partial charge is 0.493 e. The van der Waals surface area contributed by atoms with Crippen molar-refractivity contribution in [2.24, 2.45) is 5.92 Å². The lowest BCUT2D eigenvalue weighted by molar-refractivity contribution is -0.147. The molecule has 6 rings (SSSR count). The summed E-state index contributed by atoms with van der Waals surface area (Å²) in [5.74, 6) is 2.22. The van der Waals surface area contributed by atoms with Crippen LogP contribution in [0.25, 0.3) is 0 Å². The van der Waals surface area contributed by atoms with E-state index in [1.54, 1.807) is 7.11 Å². The summed E-state index contributed by atoms with van der Waals surface area (Å²) >= 11 is 0. The number of Topliss-reactive ketones (excluding diaryl/α,β-unsaturated/α-hetero) is 1. The molecule has 2 aromatic rings. The van der Waals surface area contributed by atoms with Crippen molar-refractivity contribution in [3.8, 4) is 11.5 Å². The molecule has 0 N–H and O–H groups in total. The zero-order valence-electron chi connectivity index (χ0n) is 17.3. The van der Waals surface area contributed by atoms with Gasteiger partial charge in [-0.15, -0.1) is 0 Å². The number of rotatable bonds is 2. The van der Waals surface area contributed by atoms with E-state index in [0.717, 1.165) is 42.9 Å². The van der Waals surface area contributed by atoms with Gasteiger partial charge in [-0.1, -0.05) is 36.4 Å². The number of ketones is 1. The maximum absolute atomic E-state index is 14.1. The molecule has 0 unspecified atom stereocenters. The normalized spacial score (nSPS) is 37.1. The van der Waals surface area contributed by atoms with Crippen molar-refractivity contribution < 1.29 is 14.3 Å². The molecule has 2 aliphatic carbocycles. The minimum Gasteiger partial charge on any atom is -0.493 e. The molecule has 2 fully saturated rings. The minimum absolute atomic E-state index is 0.208. The number of nitrogens with zero attached hydrogens (tertiary/aromatic N) is 1. The second-order valence-corrected chi connectivity index (χ2v) is 9.54. The molecule has 4 nitrogen and oxygen atoms in total. The standard InChI is InChI=1S/C25H27NO3/c1-24(16-7-5-4-6-8-16)14-17-18-13-15-9-10-19(28-3)21-20(15)25(17,11-12-26(18)2)23(29-21)22(24)27/h4-10,17-18,23H,11-14H2,1-3H3/t17-,18+,23-,24+,25-/m0/s1. The molecule has 0 amide bonds. The summed E-state index contributed by atoms with van der Waals surface area (Å²) in [6.45, 7) is 3.14. The molecule has 4 aliphatic rings. The first kappa shape index (κ1) is 17.5. The van der Waals surface area contributed by atoms with Gasteiger partial charge in [0.05, 0.1) is 12.5 Å². The Hall–Kier alpha value is -2.33. The molecule has 2 aliphatic heterocycles. The predicted molar refractivity (Wildman–Crippen MR) is 111 cm³/mol. The smallest absolute Gasteiger partial charge is 0.184 e. The molecule has 4 heteroatoms. The van der Waals surface area contributed by atoms with Gasteiger partial charge >= 0.3 is 0 Å². The summed E-state index contributed by atoms with van der Waals surface area (Å²) in [7, 11) is 3.93. The third-order valence-electron chi connectivity index (χ3n) is 8.42. The molecule has 29 heavy (non-hydrogen) atoms. The molecular formula is C25H27NO3. The highest BCUT2D eigenvalue weighted by Crippen LogP contribution is 2.65. The van der Waals surface area contributed by atoms with Gasteiger partial charge < -0.3 is 14.4 Å². The molecule has 5 atom stereocenters. The van der Waals surface area contributed by atoms with E-state index in [0.29, 0.717) is 12.0 Å². The third kappa shape index (κ3) is 1.96. The lowest BCUT2D eigenvalue weighted by atomic mass is 9.46. The molecular weight excluding hydrogens is 362 g/mol. The number of hydrogen-bond donors (Lipinski definition) is 0. The van der Waals surface area contributed by atoms with Crippen molar-refractivity contribution in [3.05, 3.63) is 59.2 Å². The highest BCUT2D eigenvalue weighted by Gasteiger charge is 2.69. The van der Waals surface area contributed by atoms with E-state index in [9.17, 15) is 4.79 Å². The summed E-state index contributed by atoms with van der Waals surface area (Å²) in [6.07, 6.45) is 2.44. The Morgan fingerprint density at radius 3 is 2.72 bits per heavy atom. The zero-order chi connectivity index (χ0) is 20.0. The van der Waals surface area contributed by atoms with Gasteiger partial charge in [0.15, 0.2) is 23.4 Å². The Morgan fingerprint density at radius 1 is 1.17 bits per heavy atom. The summed E-state index contributed by atoms with van der Waals surface area (Å²) < 4.78 is 12.2. The van der Waals surface area contributed by atoms with Gasteiger partial charge in [0.25, 0.3) is 0 Å². The molecule has 0 aromatic heterocycles. The number of piperidine rings is 1. The fourth-order valence-electron chi connectivity index (χ4n) is 6.94. The van der Waals surface area contributed by atoms with Crippen molar-refractivity contribution in [1.82, 2.24) is 4.90 Å². The lowest BCUT2D eigenvalue weighted by Gasteiger charge is -2.60. The van der Waals surface area contributed by atoms with Crippen LogP contribution in [-0.4, -0.2) is 43.5 Å². The first-order valence-electron chi connectivity index (χ1n) is 10.7. The Kier molecular flexibility index (Phi) is 3.40. The van der Waals surface area contributed by atoms with Crippen LogP contribution in [0.2, 0.25) is 0 Å². The predicted octanol–water partition coefficient (Wildman–Crippen LogP) is 3.50. The van der Waals surface area contributed by atoms with E-state index in [4.69, 9.17) is 9.47 Å². The Labute approximate surface area is 171 Å². The number of likely N-dealkylation sites (N-methyl/N-ethyl adjacent to an activating group) is 1.